The van der Waals surface area contributed by atoms with Crippen LogP contribution in [0.5, 0.6) is 11.5 Å². The zero-order chi connectivity index (χ0) is 20.4. The first kappa shape index (κ1) is 18.4. The number of fused-ring (bicyclic) bond motifs is 1. The molecule has 2 aromatic heterocycles. The number of benzene rings is 2. The number of aromatic nitrogens is 3. The zero-order valence-electron chi connectivity index (χ0n) is 15.2. The molecular formula is C20H15F2N5O2. The number of rotatable bonds is 5. The molecule has 4 aromatic rings. The van der Waals surface area contributed by atoms with Crippen LogP contribution in [0, 0.1) is 11.6 Å². The van der Waals surface area contributed by atoms with Crippen molar-refractivity contribution in [3.05, 3.63) is 72.1 Å². The van der Waals surface area contributed by atoms with Gasteiger partial charge < -0.3 is 20.4 Å². The summed E-state index contributed by atoms with van der Waals surface area (Å²) in [4.78, 5) is 23.0. The first-order valence-corrected chi connectivity index (χ1v) is 8.59. The minimum absolute atomic E-state index is 0.233. The van der Waals surface area contributed by atoms with Crippen LogP contribution in [0.1, 0.15) is 10.5 Å². The monoisotopic (exact) mass is 395 g/mol. The van der Waals surface area contributed by atoms with Gasteiger partial charge in [-0.05, 0) is 30.3 Å². The van der Waals surface area contributed by atoms with Crippen LogP contribution in [0.4, 0.5) is 20.4 Å². The highest BCUT2D eigenvalue weighted by molar-refractivity contribution is 5.92. The number of ether oxygens (including phenoxy) is 1. The van der Waals surface area contributed by atoms with E-state index in [1.165, 1.54) is 19.3 Å². The Morgan fingerprint density at radius 2 is 1.79 bits per heavy atom. The van der Waals surface area contributed by atoms with Crippen LogP contribution >= 0.6 is 0 Å². The smallest absolute Gasteiger partial charge is 0.269 e. The molecule has 0 atom stereocenters. The lowest BCUT2D eigenvalue weighted by Gasteiger charge is -2.06. The van der Waals surface area contributed by atoms with Crippen molar-refractivity contribution in [2.45, 2.75) is 0 Å². The van der Waals surface area contributed by atoms with Crippen LogP contribution in [-0.2, 0) is 0 Å². The fraction of sp³-hybridized carbons (Fsp3) is 0.0500. The molecule has 0 aliphatic carbocycles. The number of halogens is 2. The Kier molecular flexibility index (Phi) is 4.78. The molecule has 0 spiro atoms. The van der Waals surface area contributed by atoms with Gasteiger partial charge in [0.1, 0.15) is 28.8 Å². The number of aromatic amines is 1. The molecule has 0 radical (unpaired) electrons. The SMILES string of the molecule is CNC(=O)c1cc(Oc2ccc3nc(Nc4cc(F)cc(F)c4)[nH]c3c2)ccn1. The van der Waals surface area contributed by atoms with E-state index < -0.39 is 11.6 Å². The molecule has 2 heterocycles. The molecule has 146 valence electrons. The third-order valence-electron chi connectivity index (χ3n) is 4.01. The molecule has 3 N–H and O–H groups in total. The van der Waals surface area contributed by atoms with Gasteiger partial charge in [0.15, 0.2) is 0 Å². The second kappa shape index (κ2) is 7.55. The maximum Gasteiger partial charge on any atom is 0.269 e. The number of nitrogens with one attached hydrogen (secondary N) is 3. The van der Waals surface area contributed by atoms with Crippen molar-refractivity contribution in [3.8, 4) is 11.5 Å². The second-order valence-electron chi connectivity index (χ2n) is 6.11. The van der Waals surface area contributed by atoms with Crippen LogP contribution < -0.4 is 15.4 Å². The minimum atomic E-state index is -0.687. The number of amides is 1. The Bertz CT molecular complexity index is 1190. The molecule has 7 nitrogen and oxygen atoms in total. The summed E-state index contributed by atoms with van der Waals surface area (Å²) in [6, 6.07) is 11.5. The molecule has 0 saturated carbocycles. The van der Waals surface area contributed by atoms with E-state index in [0.29, 0.717) is 28.5 Å². The maximum atomic E-state index is 13.3. The molecule has 2 aromatic carbocycles. The summed E-state index contributed by atoms with van der Waals surface area (Å²) in [5.74, 6) is -0.401. The molecule has 0 aliphatic rings. The van der Waals surface area contributed by atoms with Crippen LogP contribution in [0.3, 0.4) is 0 Å². The van der Waals surface area contributed by atoms with E-state index in [1.54, 1.807) is 24.3 Å². The van der Waals surface area contributed by atoms with Crippen LogP contribution in [0.15, 0.2) is 54.7 Å². The molecule has 0 unspecified atom stereocenters. The van der Waals surface area contributed by atoms with Gasteiger partial charge in [0, 0.05) is 37.1 Å². The van der Waals surface area contributed by atoms with Gasteiger partial charge in [-0.2, -0.15) is 0 Å². The summed E-state index contributed by atoms with van der Waals surface area (Å²) in [6.07, 6.45) is 1.48. The van der Waals surface area contributed by atoms with Crippen molar-refractivity contribution in [3.63, 3.8) is 0 Å². The lowest BCUT2D eigenvalue weighted by Crippen LogP contribution is -2.18. The molecule has 0 aliphatic heterocycles. The second-order valence-corrected chi connectivity index (χ2v) is 6.11. The van der Waals surface area contributed by atoms with E-state index in [4.69, 9.17) is 4.74 Å². The number of hydrogen-bond donors (Lipinski definition) is 3. The first-order valence-electron chi connectivity index (χ1n) is 8.59. The van der Waals surface area contributed by atoms with Gasteiger partial charge in [-0.15, -0.1) is 0 Å². The molecule has 0 bridgehead atoms. The third kappa shape index (κ3) is 4.13. The minimum Gasteiger partial charge on any atom is -0.457 e. The fourth-order valence-corrected chi connectivity index (χ4v) is 2.74. The Labute approximate surface area is 163 Å². The van der Waals surface area contributed by atoms with E-state index in [-0.39, 0.29) is 17.3 Å². The van der Waals surface area contributed by atoms with E-state index in [2.05, 4.69) is 25.6 Å². The Balaban J connectivity index is 1.56. The number of pyridine rings is 1. The molecule has 0 saturated heterocycles. The average molecular weight is 395 g/mol. The summed E-state index contributed by atoms with van der Waals surface area (Å²) in [6.45, 7) is 0. The number of anilines is 2. The van der Waals surface area contributed by atoms with Crippen molar-refractivity contribution < 1.29 is 18.3 Å². The first-order chi connectivity index (χ1) is 14.0. The van der Waals surface area contributed by atoms with Gasteiger partial charge in [0.2, 0.25) is 5.95 Å². The van der Waals surface area contributed by atoms with E-state index in [0.717, 1.165) is 18.2 Å². The zero-order valence-corrected chi connectivity index (χ0v) is 15.2. The summed E-state index contributed by atoms with van der Waals surface area (Å²) in [7, 11) is 1.52. The normalized spacial score (nSPS) is 10.7. The van der Waals surface area contributed by atoms with Gasteiger partial charge >= 0.3 is 0 Å². The molecular weight excluding hydrogens is 380 g/mol. The van der Waals surface area contributed by atoms with Crippen LogP contribution in [0.2, 0.25) is 0 Å². The summed E-state index contributed by atoms with van der Waals surface area (Å²) in [5.41, 5.74) is 1.76. The Hall–Kier alpha value is -4.01. The predicted octanol–water partition coefficient (Wildman–Crippen LogP) is 4.13. The average Bonchev–Trinajstić information content (AvgIpc) is 3.08. The van der Waals surface area contributed by atoms with Crippen LogP contribution in [-0.4, -0.2) is 27.9 Å². The molecule has 29 heavy (non-hydrogen) atoms. The molecule has 4 rings (SSSR count). The predicted molar refractivity (Wildman–Crippen MR) is 103 cm³/mol. The van der Waals surface area contributed by atoms with Gasteiger partial charge in [-0.1, -0.05) is 0 Å². The fourth-order valence-electron chi connectivity index (χ4n) is 2.74. The number of imidazole rings is 1. The van der Waals surface area contributed by atoms with Gasteiger partial charge in [0.25, 0.3) is 5.91 Å². The highest BCUT2D eigenvalue weighted by atomic mass is 19.1. The Morgan fingerprint density at radius 3 is 2.55 bits per heavy atom. The van der Waals surface area contributed by atoms with Crippen molar-refractivity contribution in [2.24, 2.45) is 0 Å². The highest BCUT2D eigenvalue weighted by Crippen LogP contribution is 2.26. The Morgan fingerprint density at radius 1 is 1.03 bits per heavy atom. The van der Waals surface area contributed by atoms with Crippen molar-refractivity contribution >= 4 is 28.6 Å². The summed E-state index contributed by atoms with van der Waals surface area (Å²) in [5, 5.41) is 5.33. The van der Waals surface area contributed by atoms with E-state index >= 15 is 0 Å². The van der Waals surface area contributed by atoms with Gasteiger partial charge in [0.05, 0.1) is 11.0 Å². The summed E-state index contributed by atoms with van der Waals surface area (Å²) >= 11 is 0. The lowest BCUT2D eigenvalue weighted by atomic mass is 10.3. The van der Waals surface area contributed by atoms with Crippen LogP contribution in [0.25, 0.3) is 11.0 Å². The number of H-pyrrole nitrogens is 1. The lowest BCUT2D eigenvalue weighted by molar-refractivity contribution is 0.0958. The van der Waals surface area contributed by atoms with Gasteiger partial charge in [-0.25, -0.2) is 13.8 Å². The number of carbonyl (C=O) groups is 1. The van der Waals surface area contributed by atoms with E-state index in [1.807, 2.05) is 0 Å². The van der Waals surface area contributed by atoms with Gasteiger partial charge in [-0.3, -0.25) is 9.78 Å². The maximum absolute atomic E-state index is 13.3. The number of nitrogens with zero attached hydrogens (tertiary/aromatic N) is 2. The van der Waals surface area contributed by atoms with Crippen molar-refractivity contribution in [2.75, 3.05) is 12.4 Å². The standard InChI is InChI=1S/C20H15F2N5O2/c1-23-19(28)18-10-15(4-5-24-18)29-14-2-3-16-17(9-14)27-20(26-16)25-13-7-11(21)6-12(22)8-13/h2-10H,1H3,(H,23,28)(H2,25,26,27). The summed E-state index contributed by atoms with van der Waals surface area (Å²) < 4.78 is 32.5. The topological polar surface area (TPSA) is 91.9 Å². The number of carbonyl (C=O) groups excluding carboxylic acids is 1. The molecule has 9 heteroatoms. The third-order valence-corrected chi connectivity index (χ3v) is 4.01. The highest BCUT2D eigenvalue weighted by Gasteiger charge is 2.09. The van der Waals surface area contributed by atoms with Crippen molar-refractivity contribution in [1.29, 1.82) is 0 Å². The van der Waals surface area contributed by atoms with E-state index in [9.17, 15) is 13.6 Å². The molecule has 1 amide bonds. The molecule has 0 fully saturated rings. The number of hydrogen-bond acceptors (Lipinski definition) is 5. The largest absolute Gasteiger partial charge is 0.457 e. The van der Waals surface area contributed by atoms with Crippen molar-refractivity contribution in [1.82, 2.24) is 20.3 Å². The quantitative estimate of drug-likeness (QED) is 0.473.